The van der Waals surface area contributed by atoms with Gasteiger partial charge in [-0.1, -0.05) is 43.6 Å². The summed E-state index contributed by atoms with van der Waals surface area (Å²) in [6, 6.07) is 12.5. The minimum absolute atomic E-state index is 0.0230. The molecule has 2 aromatic carbocycles. The lowest BCUT2D eigenvalue weighted by molar-refractivity contribution is 0.0694. The number of carbonyl (C=O) groups is 1. The summed E-state index contributed by atoms with van der Waals surface area (Å²) in [6.45, 7) is 4.30. The average Bonchev–Trinajstić information content (AvgIpc) is 2.47. The second-order valence-corrected chi connectivity index (χ2v) is 5.31. The third kappa shape index (κ3) is 3.56. The van der Waals surface area contributed by atoms with E-state index >= 15 is 0 Å². The predicted molar refractivity (Wildman–Crippen MR) is 83.6 cm³/mol. The van der Waals surface area contributed by atoms with Gasteiger partial charge in [0.2, 0.25) is 0 Å². The lowest BCUT2D eigenvalue weighted by atomic mass is 9.99. The van der Waals surface area contributed by atoms with Crippen molar-refractivity contribution in [2.45, 2.75) is 26.2 Å². The Morgan fingerprint density at radius 3 is 2.48 bits per heavy atom. The summed E-state index contributed by atoms with van der Waals surface area (Å²) in [5.74, 6) is 0.213. The highest BCUT2D eigenvalue weighted by atomic mass is 35.5. The standard InChI is InChI=1S/C17H17ClO3/c1-3-11(2)12-7-9-13(10-8-12)21-15-6-4-5-14(18)16(15)17(19)20/h4-11H,3H2,1-2H3,(H,19,20). The van der Waals surface area contributed by atoms with Crippen molar-refractivity contribution in [3.8, 4) is 11.5 Å². The van der Waals surface area contributed by atoms with Gasteiger partial charge in [0.1, 0.15) is 17.1 Å². The van der Waals surface area contributed by atoms with Crippen LogP contribution in [0, 0.1) is 0 Å². The monoisotopic (exact) mass is 304 g/mol. The molecule has 0 fully saturated rings. The number of rotatable bonds is 5. The van der Waals surface area contributed by atoms with E-state index in [1.165, 1.54) is 11.6 Å². The molecule has 4 heteroatoms. The summed E-state index contributed by atoms with van der Waals surface area (Å²) in [6.07, 6.45) is 1.07. The average molecular weight is 305 g/mol. The van der Waals surface area contributed by atoms with Gasteiger partial charge in [0.05, 0.1) is 5.02 Å². The molecule has 1 unspecified atom stereocenters. The van der Waals surface area contributed by atoms with Crippen LogP contribution in [-0.2, 0) is 0 Å². The normalized spacial score (nSPS) is 12.0. The molecule has 110 valence electrons. The van der Waals surface area contributed by atoms with Gasteiger partial charge in [-0.25, -0.2) is 4.79 Å². The molecule has 0 aliphatic carbocycles. The zero-order chi connectivity index (χ0) is 15.4. The van der Waals surface area contributed by atoms with Crippen LogP contribution in [0.15, 0.2) is 42.5 Å². The number of halogens is 1. The van der Waals surface area contributed by atoms with Gasteiger partial charge in [0, 0.05) is 0 Å². The fraction of sp³-hybridized carbons (Fsp3) is 0.235. The molecule has 21 heavy (non-hydrogen) atoms. The maximum absolute atomic E-state index is 11.3. The third-order valence-electron chi connectivity index (χ3n) is 3.48. The first-order valence-corrected chi connectivity index (χ1v) is 7.20. The molecule has 0 aliphatic rings. The molecule has 1 atom stereocenters. The molecular weight excluding hydrogens is 288 g/mol. The first-order valence-electron chi connectivity index (χ1n) is 6.82. The van der Waals surface area contributed by atoms with Gasteiger partial charge in [0.15, 0.2) is 0 Å². The number of aromatic carboxylic acids is 1. The number of benzene rings is 2. The lowest BCUT2D eigenvalue weighted by Crippen LogP contribution is -2.01. The van der Waals surface area contributed by atoms with Crippen molar-refractivity contribution in [2.75, 3.05) is 0 Å². The first-order chi connectivity index (χ1) is 10.0. The predicted octanol–water partition coefficient (Wildman–Crippen LogP) is 5.34. The van der Waals surface area contributed by atoms with Crippen molar-refractivity contribution in [1.29, 1.82) is 0 Å². The van der Waals surface area contributed by atoms with Gasteiger partial charge in [-0.3, -0.25) is 0 Å². The van der Waals surface area contributed by atoms with Crippen molar-refractivity contribution in [1.82, 2.24) is 0 Å². The zero-order valence-electron chi connectivity index (χ0n) is 12.0. The second-order valence-electron chi connectivity index (χ2n) is 4.90. The SMILES string of the molecule is CCC(C)c1ccc(Oc2cccc(Cl)c2C(=O)O)cc1. The minimum atomic E-state index is -1.10. The number of hydrogen-bond acceptors (Lipinski definition) is 2. The first kappa shape index (κ1) is 15.4. The Labute approximate surface area is 129 Å². The molecule has 2 rings (SSSR count). The van der Waals surface area contributed by atoms with E-state index in [4.69, 9.17) is 16.3 Å². The van der Waals surface area contributed by atoms with E-state index in [-0.39, 0.29) is 16.3 Å². The van der Waals surface area contributed by atoms with Crippen LogP contribution in [0.3, 0.4) is 0 Å². The summed E-state index contributed by atoms with van der Waals surface area (Å²) in [4.78, 5) is 11.3. The van der Waals surface area contributed by atoms with Gasteiger partial charge in [0.25, 0.3) is 0 Å². The highest BCUT2D eigenvalue weighted by molar-refractivity contribution is 6.33. The van der Waals surface area contributed by atoms with E-state index in [0.717, 1.165) is 6.42 Å². The quantitative estimate of drug-likeness (QED) is 0.810. The Balaban J connectivity index is 2.27. The van der Waals surface area contributed by atoms with Gasteiger partial charge in [-0.2, -0.15) is 0 Å². The van der Waals surface area contributed by atoms with E-state index in [9.17, 15) is 9.90 Å². The Kier molecular flexibility index (Phi) is 4.86. The van der Waals surface area contributed by atoms with Crippen molar-refractivity contribution >= 4 is 17.6 Å². The molecule has 0 bridgehead atoms. The highest BCUT2D eigenvalue weighted by Gasteiger charge is 2.16. The summed E-state index contributed by atoms with van der Waals surface area (Å²) >= 11 is 5.92. The van der Waals surface area contributed by atoms with Crippen LogP contribution < -0.4 is 4.74 Å². The largest absolute Gasteiger partial charge is 0.478 e. The Morgan fingerprint density at radius 2 is 1.90 bits per heavy atom. The molecule has 0 aromatic heterocycles. The van der Waals surface area contributed by atoms with Crippen LogP contribution in [0.25, 0.3) is 0 Å². The molecule has 0 aliphatic heterocycles. The molecule has 0 spiro atoms. The van der Waals surface area contributed by atoms with E-state index in [1.54, 1.807) is 12.1 Å². The van der Waals surface area contributed by atoms with Gasteiger partial charge in [-0.05, 0) is 42.2 Å². The Morgan fingerprint density at radius 1 is 1.24 bits per heavy atom. The van der Waals surface area contributed by atoms with E-state index in [2.05, 4.69) is 13.8 Å². The summed E-state index contributed by atoms with van der Waals surface area (Å²) in [5, 5.41) is 9.37. The number of ether oxygens (including phenoxy) is 1. The van der Waals surface area contributed by atoms with E-state index in [0.29, 0.717) is 11.7 Å². The Hall–Kier alpha value is -2.00. The van der Waals surface area contributed by atoms with Gasteiger partial charge >= 0.3 is 5.97 Å². The summed E-state index contributed by atoms with van der Waals surface area (Å²) < 4.78 is 5.65. The molecule has 2 aromatic rings. The number of carboxylic acid groups (broad SMARTS) is 1. The maximum atomic E-state index is 11.3. The zero-order valence-corrected chi connectivity index (χ0v) is 12.7. The van der Waals surface area contributed by atoms with Crippen LogP contribution in [0.5, 0.6) is 11.5 Å². The lowest BCUT2D eigenvalue weighted by Gasteiger charge is -2.12. The van der Waals surface area contributed by atoms with Crippen LogP contribution in [0.4, 0.5) is 0 Å². The molecule has 0 saturated heterocycles. The fourth-order valence-electron chi connectivity index (χ4n) is 2.02. The van der Waals surface area contributed by atoms with Gasteiger partial charge < -0.3 is 9.84 Å². The van der Waals surface area contributed by atoms with Crippen molar-refractivity contribution in [2.24, 2.45) is 0 Å². The maximum Gasteiger partial charge on any atom is 0.341 e. The number of carboxylic acids is 1. The molecular formula is C17H17ClO3. The van der Waals surface area contributed by atoms with Crippen molar-refractivity contribution in [3.63, 3.8) is 0 Å². The third-order valence-corrected chi connectivity index (χ3v) is 3.79. The molecule has 0 radical (unpaired) electrons. The van der Waals surface area contributed by atoms with Crippen LogP contribution in [0.1, 0.15) is 42.1 Å². The molecule has 0 amide bonds. The summed E-state index contributed by atoms with van der Waals surface area (Å²) in [5.41, 5.74) is 1.21. The fourth-order valence-corrected chi connectivity index (χ4v) is 2.27. The van der Waals surface area contributed by atoms with Gasteiger partial charge in [-0.15, -0.1) is 0 Å². The van der Waals surface area contributed by atoms with Crippen molar-refractivity contribution < 1.29 is 14.6 Å². The molecule has 3 nitrogen and oxygen atoms in total. The highest BCUT2D eigenvalue weighted by Crippen LogP contribution is 2.31. The molecule has 0 heterocycles. The van der Waals surface area contributed by atoms with E-state index in [1.807, 2.05) is 24.3 Å². The summed E-state index contributed by atoms with van der Waals surface area (Å²) in [7, 11) is 0. The number of hydrogen-bond donors (Lipinski definition) is 1. The Bertz CT molecular complexity index is 635. The van der Waals surface area contributed by atoms with Crippen LogP contribution in [0.2, 0.25) is 5.02 Å². The van der Waals surface area contributed by atoms with Crippen LogP contribution >= 0.6 is 11.6 Å². The molecule has 1 N–H and O–H groups in total. The smallest absolute Gasteiger partial charge is 0.341 e. The van der Waals surface area contributed by atoms with Crippen molar-refractivity contribution in [3.05, 3.63) is 58.6 Å². The van der Waals surface area contributed by atoms with E-state index < -0.39 is 5.97 Å². The second kappa shape index (κ2) is 6.64. The molecule has 0 saturated carbocycles. The topological polar surface area (TPSA) is 46.5 Å². The van der Waals surface area contributed by atoms with Crippen LogP contribution in [-0.4, -0.2) is 11.1 Å². The minimum Gasteiger partial charge on any atom is -0.478 e.